The maximum atomic E-state index is 13.4. The third-order valence-electron chi connectivity index (χ3n) is 9.50. The second-order valence-electron chi connectivity index (χ2n) is 14.5. The highest BCUT2D eigenvalue weighted by Crippen LogP contribution is 2.38. The van der Waals surface area contributed by atoms with Gasteiger partial charge in [-0.2, -0.15) is 46.8 Å². The van der Waals surface area contributed by atoms with Crippen LogP contribution >= 0.6 is 46.4 Å². The van der Waals surface area contributed by atoms with E-state index in [0.717, 1.165) is 38.1 Å². The van der Waals surface area contributed by atoms with Crippen molar-refractivity contribution < 1.29 is 55.1 Å². The lowest BCUT2D eigenvalue weighted by Crippen LogP contribution is -2.33. The summed E-state index contributed by atoms with van der Waals surface area (Å²) in [6, 6.07) is 12.1. The molecule has 0 aliphatic carbocycles. The predicted octanol–water partition coefficient (Wildman–Crippen LogP) is 12.8. The number of amides is 4. The zero-order chi connectivity index (χ0) is 50.4. The Hall–Kier alpha value is -6.74. The number of rotatable bonds is 14. The first-order chi connectivity index (χ1) is 31.7. The SMILES string of the molecule is CC(=O)C(N=Nc1cc(Cl)cc(C(=O)Nc2ccc(Cl)c(C(F)(F)F)c2)c1)C(=O)Nc1ccc(NC(=O)C(N=Nc2cc(Cl)cc(C(=O)Nc3ccc(Cl)c(C(F)(F)F)c3)c2)C(C)=O)c(C)c1C. The minimum absolute atomic E-state index is 0.0381. The number of nitrogens with one attached hydrogen (secondary N) is 4. The van der Waals surface area contributed by atoms with Crippen LogP contribution in [0.15, 0.2) is 105 Å². The first kappa shape index (κ1) is 52.2. The summed E-state index contributed by atoms with van der Waals surface area (Å²) in [7, 11) is 0. The van der Waals surface area contributed by atoms with Gasteiger partial charge in [0.05, 0.1) is 32.5 Å². The molecule has 0 saturated heterocycles. The summed E-state index contributed by atoms with van der Waals surface area (Å²) in [5, 5.41) is 24.1. The van der Waals surface area contributed by atoms with E-state index < -0.39 is 80.8 Å². The lowest BCUT2D eigenvalue weighted by molar-refractivity contribution is -0.138. The monoisotopic (exact) mass is 1020 g/mol. The maximum Gasteiger partial charge on any atom is 0.417 e. The Balaban J connectivity index is 1.26. The number of hydrogen-bond acceptors (Lipinski definition) is 10. The number of carbonyl (C=O) groups excluding carboxylic acids is 6. The van der Waals surface area contributed by atoms with Gasteiger partial charge < -0.3 is 21.3 Å². The van der Waals surface area contributed by atoms with Crippen LogP contribution in [-0.4, -0.2) is 47.3 Å². The van der Waals surface area contributed by atoms with E-state index in [1.165, 1.54) is 48.5 Å². The number of anilines is 4. The fourth-order valence-corrected chi connectivity index (χ4v) is 6.86. The largest absolute Gasteiger partial charge is 0.417 e. The second kappa shape index (κ2) is 21.5. The smallest absolute Gasteiger partial charge is 0.324 e. The highest BCUT2D eigenvalue weighted by atomic mass is 35.5. The molecule has 0 spiro atoms. The standard InChI is InChI=1S/C44H32Cl4F6N8O6/c1-19-20(2)36(58-42(68)38(22(4)64)62-60-30-14-24(12-26(46)16-30)40(66)56-28-6-8-34(48)32(18-28)44(52,53)54)10-9-35(19)57-41(67)37(21(3)63)61-59-29-13-23(11-25(45)15-29)39(65)55-27-5-7-33(47)31(17-27)43(49,50)51/h5-18,37-38H,1-4H3,(H,55,65)(H,56,66)(H,57,67)(H,58,68). The first-order valence-corrected chi connectivity index (χ1v) is 20.7. The van der Waals surface area contributed by atoms with Crippen molar-refractivity contribution in [2.24, 2.45) is 20.5 Å². The Morgan fingerprint density at radius 3 is 1.18 bits per heavy atom. The number of hydrogen-bond donors (Lipinski definition) is 4. The van der Waals surface area contributed by atoms with Crippen LogP contribution in [-0.2, 0) is 31.5 Å². The van der Waals surface area contributed by atoms with Crippen LogP contribution in [0.4, 0.5) is 60.5 Å². The van der Waals surface area contributed by atoms with Gasteiger partial charge in [0.15, 0.2) is 11.6 Å². The van der Waals surface area contributed by atoms with Crippen LogP contribution in [0, 0.1) is 13.8 Å². The fraction of sp³-hybridized carbons (Fsp3) is 0.182. The molecule has 0 aliphatic heterocycles. The van der Waals surface area contributed by atoms with Crippen molar-refractivity contribution in [3.05, 3.63) is 138 Å². The first-order valence-electron chi connectivity index (χ1n) is 19.2. The Morgan fingerprint density at radius 2 is 0.853 bits per heavy atom. The highest BCUT2D eigenvalue weighted by Gasteiger charge is 2.35. The summed E-state index contributed by atoms with van der Waals surface area (Å²) in [6.07, 6.45) is -9.58. The molecule has 0 heterocycles. The number of alkyl halides is 6. The molecule has 24 heteroatoms. The van der Waals surface area contributed by atoms with Crippen molar-refractivity contribution in [1.82, 2.24) is 0 Å². The second-order valence-corrected chi connectivity index (χ2v) is 16.2. The molecule has 0 aromatic heterocycles. The van der Waals surface area contributed by atoms with Crippen molar-refractivity contribution in [2.75, 3.05) is 21.3 Å². The van der Waals surface area contributed by atoms with E-state index in [4.69, 9.17) is 46.4 Å². The average Bonchev–Trinajstić information content (AvgIpc) is 3.23. The normalized spacial score (nSPS) is 12.7. The molecule has 5 rings (SSSR count). The Labute approximate surface area is 401 Å². The highest BCUT2D eigenvalue weighted by molar-refractivity contribution is 6.32. The van der Waals surface area contributed by atoms with Gasteiger partial charge in [-0.05, 0) is 124 Å². The van der Waals surface area contributed by atoms with Gasteiger partial charge >= 0.3 is 12.4 Å². The molecule has 5 aromatic carbocycles. The molecular formula is C44H32Cl4F6N8O6. The Morgan fingerprint density at radius 1 is 0.500 bits per heavy atom. The van der Waals surface area contributed by atoms with Crippen molar-refractivity contribution in [3.63, 3.8) is 0 Å². The van der Waals surface area contributed by atoms with E-state index in [0.29, 0.717) is 23.3 Å². The molecule has 0 radical (unpaired) electrons. The molecule has 0 bridgehead atoms. The van der Waals surface area contributed by atoms with Gasteiger partial charge in [-0.1, -0.05) is 46.4 Å². The Kier molecular flexibility index (Phi) is 16.5. The summed E-state index contributed by atoms with van der Waals surface area (Å²) >= 11 is 23.7. The molecule has 4 N–H and O–H groups in total. The lowest BCUT2D eigenvalue weighted by atomic mass is 10.0. The van der Waals surface area contributed by atoms with E-state index in [1.54, 1.807) is 13.8 Å². The van der Waals surface area contributed by atoms with Gasteiger partial charge in [-0.25, -0.2) is 0 Å². The molecule has 2 atom stereocenters. The average molecular weight is 1020 g/mol. The number of halogens is 10. The number of carbonyl (C=O) groups is 6. The molecular weight excluding hydrogens is 992 g/mol. The van der Waals surface area contributed by atoms with Gasteiger partial charge in [-0.3, -0.25) is 28.8 Å². The van der Waals surface area contributed by atoms with Crippen molar-refractivity contribution in [2.45, 2.75) is 52.1 Å². The van der Waals surface area contributed by atoms with Crippen molar-refractivity contribution in [1.29, 1.82) is 0 Å². The van der Waals surface area contributed by atoms with Gasteiger partial charge in [0, 0.05) is 43.9 Å². The summed E-state index contributed by atoms with van der Waals surface area (Å²) in [6.45, 7) is 5.30. The zero-order valence-corrected chi connectivity index (χ0v) is 38.3. The molecule has 354 valence electrons. The van der Waals surface area contributed by atoms with Crippen molar-refractivity contribution in [3.8, 4) is 0 Å². The van der Waals surface area contributed by atoms with Crippen LogP contribution in [0.25, 0.3) is 0 Å². The van der Waals surface area contributed by atoms with Crippen LogP contribution in [0.2, 0.25) is 20.1 Å². The predicted molar refractivity (Wildman–Crippen MR) is 243 cm³/mol. The van der Waals surface area contributed by atoms with Crippen molar-refractivity contribution >= 4 is 116 Å². The van der Waals surface area contributed by atoms with Crippen LogP contribution < -0.4 is 21.3 Å². The topological polar surface area (TPSA) is 200 Å². The molecule has 68 heavy (non-hydrogen) atoms. The van der Waals surface area contributed by atoms with E-state index in [1.807, 2.05) is 0 Å². The summed E-state index contributed by atoms with van der Waals surface area (Å²) in [5.41, 5.74) is -2.09. The molecule has 2 unspecified atom stereocenters. The Bertz CT molecular complexity index is 2740. The maximum absolute atomic E-state index is 13.4. The van der Waals surface area contributed by atoms with Gasteiger partial charge in [0.1, 0.15) is 0 Å². The molecule has 0 fully saturated rings. The van der Waals surface area contributed by atoms with Crippen LogP contribution in [0.3, 0.4) is 0 Å². The van der Waals surface area contributed by atoms with Crippen LogP contribution in [0.1, 0.15) is 56.8 Å². The van der Waals surface area contributed by atoms with Gasteiger partial charge in [-0.15, -0.1) is 0 Å². The van der Waals surface area contributed by atoms with E-state index in [-0.39, 0.29) is 55.3 Å². The molecule has 0 saturated carbocycles. The number of Topliss-reactive ketones (excluding diaryl/α,β-unsaturated/α-hetero) is 2. The molecule has 14 nitrogen and oxygen atoms in total. The molecule has 0 aliphatic rings. The zero-order valence-electron chi connectivity index (χ0n) is 35.3. The molecule has 5 aromatic rings. The van der Waals surface area contributed by atoms with E-state index in [2.05, 4.69) is 41.7 Å². The van der Waals surface area contributed by atoms with E-state index >= 15 is 0 Å². The summed E-state index contributed by atoms with van der Waals surface area (Å²) in [5.74, 6) is -5.09. The van der Waals surface area contributed by atoms with Crippen LogP contribution in [0.5, 0.6) is 0 Å². The molecule has 4 amide bonds. The quantitative estimate of drug-likeness (QED) is 0.0484. The number of ketones is 2. The van der Waals surface area contributed by atoms with Gasteiger partial charge in [0.2, 0.25) is 12.1 Å². The fourth-order valence-electron chi connectivity index (χ4n) is 5.95. The summed E-state index contributed by atoms with van der Waals surface area (Å²) < 4.78 is 80.0. The lowest BCUT2D eigenvalue weighted by Gasteiger charge is -2.17. The van der Waals surface area contributed by atoms with Gasteiger partial charge in [0.25, 0.3) is 23.6 Å². The third-order valence-corrected chi connectivity index (χ3v) is 10.6. The third kappa shape index (κ3) is 13.5. The number of nitrogens with zero attached hydrogens (tertiary/aromatic N) is 4. The summed E-state index contributed by atoms with van der Waals surface area (Å²) in [4.78, 5) is 77.8. The minimum atomic E-state index is -4.79. The number of azo groups is 2. The number of benzene rings is 5. The minimum Gasteiger partial charge on any atom is -0.324 e. The van der Waals surface area contributed by atoms with E-state index in [9.17, 15) is 55.1 Å².